The molecule has 1 spiro atoms. The van der Waals surface area contributed by atoms with E-state index in [1.165, 1.54) is 13.8 Å². The fourth-order valence-electron chi connectivity index (χ4n) is 6.26. The second-order valence-corrected chi connectivity index (χ2v) is 11.8. The Balaban J connectivity index is 1.35. The standard InChI is InChI=1S/C25H39NO10/c1-13-6-7-16-14(2)21(33-22-25(16)15(13)10-11-24(5,34-22)35-36-25)32-18(28)9-8-17(27)26-12-23(3,4)19(29)20(30)31/h13-16,19,21-22,29H,6-12H2,1-5H3,(H,26,27)(H,30,31)/t13-,14-,15+,16+,19?,21-,22-,24+,25?/m1/s1. The van der Waals surface area contributed by atoms with E-state index in [4.69, 9.17) is 29.1 Å². The van der Waals surface area contributed by atoms with Crippen molar-refractivity contribution >= 4 is 17.8 Å². The maximum absolute atomic E-state index is 12.6. The van der Waals surface area contributed by atoms with Gasteiger partial charge in [0.05, 0.1) is 6.42 Å². The molecule has 204 valence electrons. The van der Waals surface area contributed by atoms with Crippen molar-refractivity contribution in [3.63, 3.8) is 0 Å². The van der Waals surface area contributed by atoms with Gasteiger partial charge in [0.2, 0.25) is 18.0 Å². The minimum absolute atomic E-state index is 0.0177. The van der Waals surface area contributed by atoms with Crippen LogP contribution in [0.4, 0.5) is 0 Å². The van der Waals surface area contributed by atoms with E-state index in [1.807, 2.05) is 13.8 Å². The number of fused-ring (bicyclic) bond motifs is 2. The van der Waals surface area contributed by atoms with Crippen molar-refractivity contribution in [3.8, 4) is 0 Å². The lowest BCUT2D eigenvalue weighted by Crippen LogP contribution is -2.70. The number of carboxylic acid groups (broad SMARTS) is 1. The van der Waals surface area contributed by atoms with Gasteiger partial charge in [-0.05, 0) is 38.0 Å². The molecule has 5 fully saturated rings. The Labute approximate surface area is 211 Å². The lowest BCUT2D eigenvalue weighted by Gasteiger charge is -2.59. The molecule has 5 rings (SSSR count). The summed E-state index contributed by atoms with van der Waals surface area (Å²) in [7, 11) is 0. The second kappa shape index (κ2) is 9.83. The quantitative estimate of drug-likeness (QED) is 0.325. The van der Waals surface area contributed by atoms with Crippen molar-refractivity contribution in [2.45, 2.75) is 103 Å². The van der Waals surface area contributed by atoms with Gasteiger partial charge in [-0.25, -0.2) is 14.6 Å². The van der Waals surface area contributed by atoms with Crippen LogP contribution in [-0.4, -0.2) is 64.7 Å². The van der Waals surface area contributed by atoms with Crippen LogP contribution in [0.15, 0.2) is 0 Å². The van der Waals surface area contributed by atoms with Crippen LogP contribution in [0.25, 0.3) is 0 Å². The monoisotopic (exact) mass is 513 g/mol. The predicted molar refractivity (Wildman–Crippen MR) is 123 cm³/mol. The van der Waals surface area contributed by atoms with Gasteiger partial charge in [0, 0.05) is 36.6 Å². The third kappa shape index (κ3) is 4.88. The molecule has 0 aromatic rings. The van der Waals surface area contributed by atoms with Gasteiger partial charge < -0.3 is 29.7 Å². The molecule has 4 aliphatic heterocycles. The SMILES string of the molecule is C[C@H]1[C@H](OC(=O)CCC(=O)NCC(C)(C)C(O)C(=O)O)O[C@@H]2O[C@]3(C)CC[C@H]4[C@H](C)CC[C@@H]1C24OO3. The number of carboxylic acids is 1. The number of rotatable bonds is 8. The fraction of sp³-hybridized carbons (Fsp3) is 0.880. The highest BCUT2D eigenvalue weighted by atomic mass is 17.3. The Kier molecular flexibility index (Phi) is 7.44. The zero-order valence-corrected chi connectivity index (χ0v) is 21.7. The van der Waals surface area contributed by atoms with Crippen molar-refractivity contribution in [2.24, 2.45) is 29.1 Å². The van der Waals surface area contributed by atoms with Crippen LogP contribution in [0.2, 0.25) is 0 Å². The molecular formula is C25H39NO10. The van der Waals surface area contributed by atoms with Gasteiger partial charge in [-0.15, -0.1) is 0 Å². The highest BCUT2D eigenvalue weighted by Gasteiger charge is 2.69. The molecule has 1 aliphatic carbocycles. The van der Waals surface area contributed by atoms with E-state index in [0.29, 0.717) is 12.3 Å². The lowest BCUT2D eigenvalue weighted by molar-refractivity contribution is -0.576. The Hall–Kier alpha value is -1.79. The molecule has 5 aliphatic rings. The summed E-state index contributed by atoms with van der Waals surface area (Å²) in [4.78, 5) is 47.7. The summed E-state index contributed by atoms with van der Waals surface area (Å²) in [6, 6.07) is 0. The molecule has 2 bridgehead atoms. The zero-order valence-electron chi connectivity index (χ0n) is 21.7. The number of carbonyl (C=O) groups excluding carboxylic acids is 2. The molecule has 0 aromatic carbocycles. The number of amides is 1. The van der Waals surface area contributed by atoms with E-state index in [0.717, 1.165) is 19.3 Å². The molecule has 2 unspecified atom stereocenters. The highest BCUT2D eigenvalue weighted by molar-refractivity contribution is 5.81. The van der Waals surface area contributed by atoms with Crippen LogP contribution in [0.5, 0.6) is 0 Å². The number of hydrogen-bond donors (Lipinski definition) is 3. The highest BCUT2D eigenvalue weighted by Crippen LogP contribution is 2.60. The van der Waals surface area contributed by atoms with E-state index in [1.54, 1.807) is 0 Å². The third-order valence-electron chi connectivity index (χ3n) is 8.62. The van der Waals surface area contributed by atoms with Crippen LogP contribution >= 0.6 is 0 Å². The molecule has 36 heavy (non-hydrogen) atoms. The summed E-state index contributed by atoms with van der Waals surface area (Å²) in [6.45, 7) is 9.04. The number of nitrogens with one attached hydrogen (secondary N) is 1. The number of aliphatic hydroxyl groups excluding tert-OH is 1. The Morgan fingerprint density at radius 1 is 1.11 bits per heavy atom. The van der Waals surface area contributed by atoms with Gasteiger partial charge in [-0.2, -0.15) is 0 Å². The summed E-state index contributed by atoms with van der Waals surface area (Å²) >= 11 is 0. The molecule has 9 atom stereocenters. The van der Waals surface area contributed by atoms with Gasteiger partial charge in [-0.1, -0.05) is 27.7 Å². The lowest BCUT2D eigenvalue weighted by atomic mass is 9.58. The summed E-state index contributed by atoms with van der Waals surface area (Å²) in [5.74, 6) is -2.83. The number of aliphatic carboxylic acids is 1. The van der Waals surface area contributed by atoms with E-state index >= 15 is 0 Å². The van der Waals surface area contributed by atoms with Crippen molar-refractivity contribution in [1.29, 1.82) is 0 Å². The van der Waals surface area contributed by atoms with Crippen LogP contribution in [0, 0.1) is 29.1 Å². The predicted octanol–water partition coefficient (Wildman–Crippen LogP) is 2.11. The van der Waals surface area contributed by atoms with Crippen molar-refractivity contribution in [3.05, 3.63) is 0 Å². The molecule has 1 saturated carbocycles. The van der Waals surface area contributed by atoms with E-state index in [9.17, 15) is 19.5 Å². The molecule has 4 saturated heterocycles. The summed E-state index contributed by atoms with van der Waals surface area (Å²) in [6.07, 6.45) is -0.0108. The summed E-state index contributed by atoms with van der Waals surface area (Å²) in [5.41, 5.74) is -1.82. The minimum Gasteiger partial charge on any atom is -0.479 e. The molecule has 1 amide bonds. The number of esters is 1. The largest absolute Gasteiger partial charge is 0.479 e. The molecule has 4 heterocycles. The first kappa shape index (κ1) is 27.3. The normalized spacial score (nSPS) is 40.5. The van der Waals surface area contributed by atoms with Gasteiger partial charge in [0.25, 0.3) is 0 Å². The van der Waals surface area contributed by atoms with E-state index in [2.05, 4.69) is 12.2 Å². The third-order valence-corrected chi connectivity index (χ3v) is 8.62. The molecule has 11 nitrogen and oxygen atoms in total. The average molecular weight is 514 g/mol. The Morgan fingerprint density at radius 2 is 1.83 bits per heavy atom. The van der Waals surface area contributed by atoms with Gasteiger partial charge >= 0.3 is 11.9 Å². The van der Waals surface area contributed by atoms with Gasteiger partial charge in [-0.3, -0.25) is 9.59 Å². The molecule has 0 aromatic heterocycles. The Morgan fingerprint density at radius 3 is 2.53 bits per heavy atom. The average Bonchev–Trinajstić information content (AvgIpc) is 3.05. The smallest absolute Gasteiger partial charge is 0.333 e. The summed E-state index contributed by atoms with van der Waals surface area (Å²) in [5, 5.41) is 21.3. The number of aliphatic hydroxyl groups is 1. The molecule has 3 N–H and O–H groups in total. The molecule has 11 heteroatoms. The van der Waals surface area contributed by atoms with Crippen molar-refractivity contribution < 1.29 is 48.6 Å². The maximum Gasteiger partial charge on any atom is 0.333 e. The first-order valence-electron chi connectivity index (χ1n) is 12.9. The van der Waals surface area contributed by atoms with Crippen LogP contribution < -0.4 is 5.32 Å². The topological polar surface area (TPSA) is 150 Å². The van der Waals surface area contributed by atoms with Crippen molar-refractivity contribution in [1.82, 2.24) is 5.32 Å². The molecule has 0 radical (unpaired) electrons. The minimum atomic E-state index is -1.63. The zero-order chi connectivity index (χ0) is 26.5. The van der Waals surface area contributed by atoms with Crippen molar-refractivity contribution in [2.75, 3.05) is 6.54 Å². The van der Waals surface area contributed by atoms with Gasteiger partial charge in [0.1, 0.15) is 0 Å². The molecular weight excluding hydrogens is 474 g/mol. The maximum atomic E-state index is 12.6. The first-order valence-corrected chi connectivity index (χ1v) is 12.9. The summed E-state index contributed by atoms with van der Waals surface area (Å²) < 4.78 is 18.1. The van der Waals surface area contributed by atoms with E-state index < -0.39 is 53.3 Å². The van der Waals surface area contributed by atoms with Crippen LogP contribution in [-0.2, 0) is 38.4 Å². The fourth-order valence-corrected chi connectivity index (χ4v) is 6.26. The second-order valence-electron chi connectivity index (χ2n) is 11.8. The number of ether oxygens (including phenoxy) is 3. The first-order chi connectivity index (χ1) is 16.8. The van der Waals surface area contributed by atoms with Crippen LogP contribution in [0.1, 0.15) is 73.1 Å². The number of hydrogen-bond acceptors (Lipinski definition) is 9. The number of carbonyl (C=O) groups is 3. The van der Waals surface area contributed by atoms with Crippen LogP contribution in [0.3, 0.4) is 0 Å². The Bertz CT molecular complexity index is 879. The van der Waals surface area contributed by atoms with E-state index in [-0.39, 0.29) is 37.1 Å². The van der Waals surface area contributed by atoms with Gasteiger partial charge in [0.15, 0.2) is 18.0 Å².